The van der Waals surface area contributed by atoms with Crippen LogP contribution in [0.2, 0.25) is 4.98 Å². The van der Waals surface area contributed by atoms with Gasteiger partial charge >= 0.3 is 94.2 Å². The minimum atomic E-state index is 0. The molecular weight excluding hydrogens is 286 g/mol. The second-order valence-electron chi connectivity index (χ2n) is 6.09. The molecule has 0 spiro atoms. The van der Waals surface area contributed by atoms with Gasteiger partial charge < -0.3 is 2.85 Å². The van der Waals surface area contributed by atoms with Crippen LogP contribution in [0.1, 0.15) is 113 Å². The van der Waals surface area contributed by atoms with Crippen molar-refractivity contribution in [2.45, 2.75) is 115 Å². The van der Waals surface area contributed by atoms with Crippen LogP contribution in [0.5, 0.6) is 0 Å². The summed E-state index contributed by atoms with van der Waals surface area (Å²) >= 11 is 1.90. The Morgan fingerprint density at radius 1 is 0.474 bits per heavy atom. The number of rotatable bonds is 16. The predicted octanol–water partition coefficient (Wildman–Crippen LogP) is 7.06. The van der Waals surface area contributed by atoms with Gasteiger partial charge in [0.05, 0.1) is 0 Å². The van der Waals surface area contributed by atoms with E-state index in [0.29, 0.717) is 0 Å². The Hall–Kier alpha value is 0.636. The molecule has 0 atom stereocenters. The molecule has 0 fully saturated rings. The number of hydrogen-bond donors (Lipinski definition) is 0. The van der Waals surface area contributed by atoms with Gasteiger partial charge in [-0.1, -0.05) is 39.0 Å². The first-order chi connectivity index (χ1) is 9.41. The molecule has 0 aromatic heterocycles. The van der Waals surface area contributed by atoms with E-state index in [1.165, 1.54) is 108 Å². The molecule has 0 aliphatic carbocycles. The van der Waals surface area contributed by atoms with Crippen LogP contribution in [0.25, 0.3) is 0 Å². The number of unbranched alkanes of at least 4 members (excludes halogenated alkanes) is 15. The first-order valence-electron chi connectivity index (χ1n) is 9.12. The molecule has 0 rings (SSSR count). The maximum atomic E-state index is 2.30. The van der Waals surface area contributed by atoms with Crippen LogP contribution >= 0.6 is 0 Å². The second-order valence-corrected chi connectivity index (χ2v) is 7.30. The Labute approximate surface area is 136 Å². The molecule has 19 heavy (non-hydrogen) atoms. The first-order valence-corrected chi connectivity index (χ1v) is 10.8. The summed E-state index contributed by atoms with van der Waals surface area (Å²) in [5, 5.41) is 0. The van der Waals surface area contributed by atoms with Gasteiger partial charge in [0.25, 0.3) is 0 Å². The molecule has 0 unspecified atom stereocenters. The summed E-state index contributed by atoms with van der Waals surface area (Å²) in [6.07, 6.45) is 23.6. The van der Waals surface area contributed by atoms with Crippen molar-refractivity contribution in [1.29, 1.82) is 0 Å². The van der Waals surface area contributed by atoms with Gasteiger partial charge in [0.1, 0.15) is 0 Å². The smallest absolute Gasteiger partial charge is 1.00 e. The fraction of sp³-hybridized carbons (Fsp3) is 1.00. The molecular formula is C18H39Ga-2. The topological polar surface area (TPSA) is 0 Å². The van der Waals surface area contributed by atoms with E-state index in [-0.39, 0.29) is 2.85 Å². The van der Waals surface area contributed by atoms with Crippen LogP contribution in [0.3, 0.4) is 0 Å². The van der Waals surface area contributed by atoms with Gasteiger partial charge in [0, 0.05) is 0 Å². The van der Waals surface area contributed by atoms with E-state index in [1.807, 2.05) is 18.6 Å². The zero-order valence-electron chi connectivity index (χ0n) is 15.6. The Morgan fingerprint density at radius 2 is 0.737 bits per heavy atom. The van der Waals surface area contributed by atoms with Gasteiger partial charge in [-0.05, 0) is 0 Å². The summed E-state index contributed by atoms with van der Waals surface area (Å²) in [5.74, 6) is 0. The van der Waals surface area contributed by atoms with Crippen LogP contribution < -0.4 is 0 Å². The van der Waals surface area contributed by atoms with Crippen molar-refractivity contribution in [2.24, 2.45) is 0 Å². The third-order valence-electron chi connectivity index (χ3n) is 4.06. The van der Waals surface area contributed by atoms with E-state index in [1.54, 1.807) is 0 Å². The van der Waals surface area contributed by atoms with E-state index in [0.717, 1.165) is 0 Å². The minimum absolute atomic E-state index is 0. The van der Waals surface area contributed by atoms with E-state index < -0.39 is 0 Å². The molecule has 2 radical (unpaired) electrons. The van der Waals surface area contributed by atoms with Crippen molar-refractivity contribution in [1.82, 2.24) is 0 Å². The van der Waals surface area contributed by atoms with Crippen molar-refractivity contribution in [3.8, 4) is 0 Å². The molecule has 0 aliphatic heterocycles. The maximum Gasteiger partial charge on any atom is -1.00 e. The van der Waals surface area contributed by atoms with E-state index >= 15 is 0 Å². The van der Waals surface area contributed by atoms with Gasteiger partial charge in [-0.25, -0.2) is 0 Å². The fourth-order valence-electron chi connectivity index (χ4n) is 2.69. The van der Waals surface area contributed by atoms with Crippen LogP contribution in [-0.2, 0) is 0 Å². The molecule has 0 heterocycles. The summed E-state index contributed by atoms with van der Waals surface area (Å²) in [6, 6.07) is 0. The van der Waals surface area contributed by atoms with Crippen molar-refractivity contribution in [3.63, 3.8) is 0 Å². The number of hydrogen-bond acceptors (Lipinski definition) is 0. The standard InChI is InChI=1S/C18H37.Ga.2H/c1-3-5-7-9-11-13-15-17-18-16-14-12-10-8-6-4-2;;;/h1,3-18H2,2H3;;;/q;;2*-1. The molecule has 0 saturated heterocycles. The van der Waals surface area contributed by atoms with Crippen molar-refractivity contribution in [3.05, 3.63) is 0 Å². The quantitative estimate of drug-likeness (QED) is 0.210. The van der Waals surface area contributed by atoms with Crippen LogP contribution in [0.15, 0.2) is 0 Å². The summed E-state index contributed by atoms with van der Waals surface area (Å²) in [6.45, 7) is 2.30. The summed E-state index contributed by atoms with van der Waals surface area (Å²) in [5.41, 5.74) is 0. The molecule has 0 aromatic rings. The van der Waals surface area contributed by atoms with Crippen LogP contribution in [-0.4, -0.2) is 18.6 Å². The molecule has 116 valence electrons. The van der Waals surface area contributed by atoms with Crippen LogP contribution in [0.4, 0.5) is 0 Å². The van der Waals surface area contributed by atoms with Gasteiger partial charge in [-0.15, -0.1) is 0 Å². The normalized spacial score (nSPS) is 11.0. The SMILES string of the molecule is CCCCCCCCCCCCCCCCC[CH2][Ga].[H-].[H-]. The third kappa shape index (κ3) is 18.6. The van der Waals surface area contributed by atoms with Gasteiger partial charge in [-0.2, -0.15) is 0 Å². The van der Waals surface area contributed by atoms with Gasteiger partial charge in [0.2, 0.25) is 0 Å². The van der Waals surface area contributed by atoms with E-state index in [9.17, 15) is 0 Å². The molecule has 0 bridgehead atoms. The van der Waals surface area contributed by atoms with Crippen molar-refractivity contribution < 1.29 is 2.85 Å². The monoisotopic (exact) mass is 324 g/mol. The Bertz CT molecular complexity index is 138. The zero-order chi connectivity index (χ0) is 14.0. The van der Waals surface area contributed by atoms with Crippen LogP contribution in [0, 0.1) is 0 Å². The molecule has 0 nitrogen and oxygen atoms in total. The minimum Gasteiger partial charge on any atom is -1.00 e. The molecule has 0 amide bonds. The zero-order valence-corrected chi connectivity index (χ0v) is 16.0. The van der Waals surface area contributed by atoms with Gasteiger partial charge in [-0.3, -0.25) is 0 Å². The Balaban J connectivity index is -0.00000162. The molecule has 0 N–H and O–H groups in total. The fourth-order valence-corrected chi connectivity index (χ4v) is 3.30. The first kappa shape index (κ1) is 19.6. The summed E-state index contributed by atoms with van der Waals surface area (Å²) < 4.78 is 0. The molecule has 0 saturated carbocycles. The Morgan fingerprint density at radius 3 is 1.00 bits per heavy atom. The summed E-state index contributed by atoms with van der Waals surface area (Å²) in [7, 11) is 0. The largest absolute Gasteiger partial charge is 1.00 e. The molecule has 1 heteroatoms. The van der Waals surface area contributed by atoms with E-state index in [2.05, 4.69) is 6.92 Å². The predicted molar refractivity (Wildman–Crippen MR) is 92.3 cm³/mol. The average Bonchev–Trinajstić information content (AvgIpc) is 2.43. The summed E-state index contributed by atoms with van der Waals surface area (Å²) in [4.78, 5) is 1.44. The third-order valence-corrected chi connectivity index (χ3v) is 4.91. The second kappa shape index (κ2) is 18.6. The maximum absolute atomic E-state index is 2.30. The van der Waals surface area contributed by atoms with E-state index in [4.69, 9.17) is 0 Å². The molecule has 0 aromatic carbocycles. The molecule has 0 aliphatic rings. The van der Waals surface area contributed by atoms with Crippen molar-refractivity contribution >= 4 is 18.6 Å². The van der Waals surface area contributed by atoms with Gasteiger partial charge in [0.15, 0.2) is 0 Å². The average molecular weight is 325 g/mol. The van der Waals surface area contributed by atoms with Crippen molar-refractivity contribution in [2.75, 3.05) is 0 Å². The Kier molecular flexibility index (Phi) is 19.3.